The Morgan fingerprint density at radius 1 is 1.56 bits per heavy atom. The summed E-state index contributed by atoms with van der Waals surface area (Å²) in [6.45, 7) is 6.79. The lowest BCUT2D eigenvalue weighted by molar-refractivity contribution is 0.112. The number of hydrogen-bond donors (Lipinski definition) is 0. The fourth-order valence-electron chi connectivity index (χ4n) is 1.64. The van der Waals surface area contributed by atoms with Crippen molar-refractivity contribution >= 4 is 6.29 Å². The minimum Gasteiger partial charge on any atom is -0.384 e. The van der Waals surface area contributed by atoms with Crippen LogP contribution in [-0.4, -0.2) is 29.8 Å². The number of aromatic nitrogens is 2. The molecule has 1 heterocycles. The van der Waals surface area contributed by atoms with Gasteiger partial charge in [-0.1, -0.05) is 13.8 Å². The zero-order valence-corrected chi connectivity index (χ0v) is 10.4. The fraction of sp³-hybridized carbons (Fsp3) is 0.667. The second-order valence-electron chi connectivity index (χ2n) is 4.18. The second-order valence-corrected chi connectivity index (χ2v) is 4.18. The van der Waals surface area contributed by atoms with Crippen molar-refractivity contribution in [2.45, 2.75) is 39.2 Å². The third-order valence-corrected chi connectivity index (χ3v) is 2.84. The molecular weight excluding hydrogens is 204 g/mol. The maximum atomic E-state index is 11.0. The van der Waals surface area contributed by atoms with Crippen molar-refractivity contribution < 1.29 is 9.53 Å². The molecule has 16 heavy (non-hydrogen) atoms. The molecule has 1 aromatic heterocycles. The minimum absolute atomic E-state index is 0.149. The minimum atomic E-state index is 0.149. The van der Waals surface area contributed by atoms with Gasteiger partial charge in [0.2, 0.25) is 0 Å². The highest BCUT2D eigenvalue weighted by molar-refractivity contribution is 5.76. The average molecular weight is 224 g/mol. The summed E-state index contributed by atoms with van der Waals surface area (Å²) in [6.07, 6.45) is 3.69. The molecule has 0 amide bonds. The molecule has 0 aliphatic rings. The number of rotatable bonds is 6. The quantitative estimate of drug-likeness (QED) is 0.697. The van der Waals surface area contributed by atoms with Crippen LogP contribution in [0.2, 0.25) is 0 Å². The molecule has 0 aliphatic carbocycles. The Balaban J connectivity index is 2.98. The van der Waals surface area contributed by atoms with E-state index in [9.17, 15) is 4.79 Å². The van der Waals surface area contributed by atoms with Gasteiger partial charge in [-0.2, -0.15) is 5.10 Å². The summed E-state index contributed by atoms with van der Waals surface area (Å²) in [7, 11) is 1.66. The molecular formula is C12H20N2O2. The van der Waals surface area contributed by atoms with Crippen LogP contribution in [-0.2, 0) is 4.74 Å². The maximum Gasteiger partial charge on any atom is 0.153 e. The van der Waals surface area contributed by atoms with Gasteiger partial charge in [0.15, 0.2) is 6.29 Å². The molecule has 4 nitrogen and oxygen atoms in total. The van der Waals surface area contributed by atoms with E-state index < -0.39 is 0 Å². The van der Waals surface area contributed by atoms with Crippen molar-refractivity contribution in [3.63, 3.8) is 0 Å². The maximum absolute atomic E-state index is 11.0. The second kappa shape index (κ2) is 5.80. The van der Waals surface area contributed by atoms with Crippen LogP contribution in [0.3, 0.4) is 0 Å². The Morgan fingerprint density at radius 3 is 2.75 bits per heavy atom. The first kappa shape index (κ1) is 12.9. The third-order valence-electron chi connectivity index (χ3n) is 2.84. The van der Waals surface area contributed by atoms with Crippen molar-refractivity contribution in [2.75, 3.05) is 13.7 Å². The molecule has 2 unspecified atom stereocenters. The fourth-order valence-corrected chi connectivity index (χ4v) is 1.64. The van der Waals surface area contributed by atoms with Gasteiger partial charge in [-0.15, -0.1) is 0 Å². The van der Waals surface area contributed by atoms with Crippen LogP contribution in [0.4, 0.5) is 0 Å². The van der Waals surface area contributed by atoms with Gasteiger partial charge >= 0.3 is 0 Å². The summed E-state index contributed by atoms with van der Waals surface area (Å²) < 4.78 is 6.95. The molecule has 0 aliphatic heterocycles. The number of methoxy groups -OCH3 is 1. The summed E-state index contributed by atoms with van der Waals surface area (Å²) in [6, 6.07) is 0.321. The van der Waals surface area contributed by atoms with Crippen LogP contribution in [0.1, 0.15) is 55.2 Å². The highest BCUT2D eigenvalue weighted by Gasteiger charge is 2.16. The molecule has 2 atom stereocenters. The summed E-state index contributed by atoms with van der Waals surface area (Å²) in [4.78, 5) is 11.0. The zero-order valence-electron chi connectivity index (χ0n) is 10.4. The Hall–Kier alpha value is -1.16. The van der Waals surface area contributed by atoms with E-state index in [2.05, 4.69) is 18.9 Å². The topological polar surface area (TPSA) is 44.1 Å². The Kier molecular flexibility index (Phi) is 4.68. The van der Waals surface area contributed by atoms with Gasteiger partial charge in [0.25, 0.3) is 0 Å². The highest BCUT2D eigenvalue weighted by atomic mass is 16.5. The number of hydrogen-bond acceptors (Lipinski definition) is 3. The average Bonchev–Trinajstić information content (AvgIpc) is 2.72. The lowest BCUT2D eigenvalue weighted by Gasteiger charge is -2.10. The summed E-state index contributed by atoms with van der Waals surface area (Å²) in [5.41, 5.74) is 1.50. The van der Waals surface area contributed by atoms with E-state index in [1.807, 2.05) is 17.8 Å². The van der Waals surface area contributed by atoms with E-state index in [4.69, 9.17) is 4.74 Å². The number of carbonyl (C=O) groups excluding carboxylic acids is 1. The molecule has 0 aromatic carbocycles. The molecule has 1 aromatic rings. The molecule has 90 valence electrons. The first-order valence-electron chi connectivity index (χ1n) is 5.67. The van der Waals surface area contributed by atoms with Gasteiger partial charge in [0, 0.05) is 25.3 Å². The molecule has 0 fully saturated rings. The Bertz CT molecular complexity index is 347. The standard InChI is InChI=1S/C12H20N2O2/c1-5-10(3)14-6-11(7-15)12(13-14)9(2)8-16-4/h6-7,9-10H,5,8H2,1-4H3. The van der Waals surface area contributed by atoms with Gasteiger partial charge in [0.1, 0.15) is 0 Å². The largest absolute Gasteiger partial charge is 0.384 e. The smallest absolute Gasteiger partial charge is 0.153 e. The van der Waals surface area contributed by atoms with Gasteiger partial charge in [-0.05, 0) is 13.3 Å². The number of carbonyl (C=O) groups is 1. The Labute approximate surface area is 96.6 Å². The van der Waals surface area contributed by atoms with Gasteiger partial charge in [-0.25, -0.2) is 0 Å². The predicted molar refractivity (Wildman–Crippen MR) is 62.9 cm³/mol. The molecule has 0 radical (unpaired) electrons. The van der Waals surface area contributed by atoms with E-state index in [1.165, 1.54) is 0 Å². The van der Waals surface area contributed by atoms with E-state index >= 15 is 0 Å². The SMILES string of the molecule is CCC(C)n1cc(C=O)c(C(C)COC)n1. The lowest BCUT2D eigenvalue weighted by atomic mass is 10.1. The molecule has 0 saturated carbocycles. The van der Waals surface area contributed by atoms with Crippen molar-refractivity contribution in [1.82, 2.24) is 9.78 Å². The molecule has 0 spiro atoms. The monoisotopic (exact) mass is 224 g/mol. The van der Waals surface area contributed by atoms with E-state index in [0.717, 1.165) is 18.4 Å². The van der Waals surface area contributed by atoms with Crippen LogP contribution in [0.5, 0.6) is 0 Å². The van der Waals surface area contributed by atoms with Crippen LogP contribution in [0.25, 0.3) is 0 Å². The van der Waals surface area contributed by atoms with Crippen molar-refractivity contribution in [3.8, 4) is 0 Å². The number of aldehydes is 1. The van der Waals surface area contributed by atoms with E-state index in [-0.39, 0.29) is 5.92 Å². The number of nitrogens with zero attached hydrogens (tertiary/aromatic N) is 2. The normalized spacial score (nSPS) is 14.8. The predicted octanol–water partition coefficient (Wildman–Crippen LogP) is 2.42. The first-order chi connectivity index (χ1) is 7.63. The van der Waals surface area contributed by atoms with Crippen molar-refractivity contribution in [1.29, 1.82) is 0 Å². The first-order valence-corrected chi connectivity index (χ1v) is 5.67. The lowest BCUT2D eigenvalue weighted by Crippen LogP contribution is -2.08. The number of ether oxygens (including phenoxy) is 1. The summed E-state index contributed by atoms with van der Waals surface area (Å²) in [5.74, 6) is 0.149. The van der Waals surface area contributed by atoms with Crippen molar-refractivity contribution in [2.24, 2.45) is 0 Å². The highest BCUT2D eigenvalue weighted by Crippen LogP contribution is 2.20. The van der Waals surface area contributed by atoms with E-state index in [1.54, 1.807) is 7.11 Å². The van der Waals surface area contributed by atoms with Crippen LogP contribution in [0.15, 0.2) is 6.20 Å². The van der Waals surface area contributed by atoms with Crippen molar-refractivity contribution in [3.05, 3.63) is 17.5 Å². The van der Waals surface area contributed by atoms with Gasteiger partial charge < -0.3 is 4.74 Å². The molecule has 0 saturated heterocycles. The Morgan fingerprint density at radius 2 is 2.25 bits per heavy atom. The zero-order chi connectivity index (χ0) is 12.1. The molecule has 4 heteroatoms. The van der Waals surface area contributed by atoms with Crippen LogP contribution in [0, 0.1) is 0 Å². The third kappa shape index (κ3) is 2.70. The van der Waals surface area contributed by atoms with Gasteiger partial charge in [-0.3, -0.25) is 9.48 Å². The molecule has 0 N–H and O–H groups in total. The van der Waals surface area contributed by atoms with E-state index in [0.29, 0.717) is 18.2 Å². The van der Waals surface area contributed by atoms with Crippen LogP contribution < -0.4 is 0 Å². The summed E-state index contributed by atoms with van der Waals surface area (Å²) in [5, 5.41) is 4.48. The van der Waals surface area contributed by atoms with Gasteiger partial charge in [0.05, 0.1) is 17.9 Å². The summed E-state index contributed by atoms with van der Waals surface area (Å²) >= 11 is 0. The molecule has 0 bridgehead atoms. The molecule has 1 rings (SSSR count). The van der Waals surface area contributed by atoms with Crippen LogP contribution >= 0.6 is 0 Å².